The molecule has 2 aromatic carbocycles. The molecule has 0 spiro atoms. The molecule has 4 rings (SSSR count). The summed E-state index contributed by atoms with van der Waals surface area (Å²) in [6.07, 6.45) is 0.999. The number of thioether (sulfide) groups is 1. The average molecular weight is 512 g/mol. The second-order valence-electron chi connectivity index (χ2n) is 9.13. The van der Waals surface area contributed by atoms with E-state index in [9.17, 15) is 9.59 Å². The summed E-state index contributed by atoms with van der Waals surface area (Å²) < 4.78 is 5.52. The summed E-state index contributed by atoms with van der Waals surface area (Å²) >= 11 is 7.66. The molecule has 1 atom stereocenters. The quantitative estimate of drug-likeness (QED) is 0.380. The van der Waals surface area contributed by atoms with Gasteiger partial charge in [0, 0.05) is 29.4 Å². The molecule has 1 N–H and O–H groups in total. The number of anilines is 1. The minimum atomic E-state index is -0.676. The van der Waals surface area contributed by atoms with Crippen molar-refractivity contribution < 1.29 is 14.3 Å². The minimum absolute atomic E-state index is 0.141. The van der Waals surface area contributed by atoms with Gasteiger partial charge in [-0.25, -0.2) is 9.79 Å². The molecule has 1 saturated heterocycles. The Hall–Kier alpha value is -2.77. The van der Waals surface area contributed by atoms with Crippen molar-refractivity contribution in [2.75, 3.05) is 30.1 Å². The summed E-state index contributed by atoms with van der Waals surface area (Å²) in [4.78, 5) is 33.0. The van der Waals surface area contributed by atoms with E-state index in [1.54, 1.807) is 11.8 Å². The van der Waals surface area contributed by atoms with Crippen molar-refractivity contribution >= 4 is 51.8 Å². The molecule has 2 heterocycles. The van der Waals surface area contributed by atoms with Gasteiger partial charge in [-0.2, -0.15) is 0 Å². The number of nitrogens with one attached hydrogen (secondary N) is 1. The van der Waals surface area contributed by atoms with Gasteiger partial charge in [-0.05, 0) is 44.9 Å². The third-order valence-electron chi connectivity index (χ3n) is 6.04. The lowest BCUT2D eigenvalue weighted by atomic mass is 9.91. The molecule has 8 heteroatoms. The number of carbonyl (C=O) groups excluding carboxylic acids is 2. The van der Waals surface area contributed by atoms with Crippen molar-refractivity contribution in [1.29, 1.82) is 0 Å². The third kappa shape index (κ3) is 5.41. The first-order valence-corrected chi connectivity index (χ1v) is 13.3. The summed E-state index contributed by atoms with van der Waals surface area (Å²) in [5, 5.41) is 3.85. The van der Waals surface area contributed by atoms with E-state index in [0.717, 1.165) is 35.0 Å². The molecule has 2 aliphatic rings. The van der Waals surface area contributed by atoms with E-state index in [0.29, 0.717) is 17.0 Å². The van der Waals surface area contributed by atoms with Crippen molar-refractivity contribution in [3.05, 3.63) is 71.3 Å². The smallest absolute Gasteiger partial charge is 0.338 e. The predicted octanol–water partition coefficient (Wildman–Crippen LogP) is 5.71. The molecule has 2 aliphatic heterocycles. The molecule has 6 nitrogen and oxygen atoms in total. The van der Waals surface area contributed by atoms with Crippen LogP contribution in [0.15, 0.2) is 65.2 Å². The molecule has 2 aromatic rings. The lowest BCUT2D eigenvalue weighted by Gasteiger charge is -2.41. The number of benzene rings is 2. The number of halogens is 1. The molecule has 0 aromatic heterocycles. The average Bonchev–Trinajstić information content (AvgIpc) is 2.88. The number of amides is 1. The molecule has 0 radical (unpaired) electrons. The van der Waals surface area contributed by atoms with E-state index in [-0.39, 0.29) is 30.4 Å². The maximum absolute atomic E-state index is 13.3. The summed E-state index contributed by atoms with van der Waals surface area (Å²) in [5.74, 6) is 0.707. The topological polar surface area (TPSA) is 71.0 Å². The number of ether oxygens (including phenoxy) is 1. The zero-order valence-corrected chi connectivity index (χ0v) is 21.8. The number of esters is 1. The van der Waals surface area contributed by atoms with Crippen LogP contribution in [0.2, 0.25) is 0 Å². The van der Waals surface area contributed by atoms with Crippen LogP contribution in [0.5, 0.6) is 0 Å². The Morgan fingerprint density at radius 3 is 2.54 bits per heavy atom. The first-order chi connectivity index (χ1) is 16.9. The van der Waals surface area contributed by atoms with Crippen LogP contribution in [0.4, 0.5) is 5.69 Å². The molecule has 184 valence electrons. The second-order valence-corrected chi connectivity index (χ2v) is 10.5. The Labute approximate surface area is 215 Å². The number of hydrogen-bond acceptors (Lipinski definition) is 6. The predicted molar refractivity (Wildman–Crippen MR) is 144 cm³/mol. The molecule has 1 fully saturated rings. The molecule has 0 bridgehead atoms. The largest absolute Gasteiger partial charge is 0.463 e. The van der Waals surface area contributed by atoms with Crippen LogP contribution in [0, 0.1) is 5.41 Å². The van der Waals surface area contributed by atoms with Crippen molar-refractivity contribution in [3.8, 4) is 0 Å². The third-order valence-corrected chi connectivity index (χ3v) is 7.79. The van der Waals surface area contributed by atoms with Crippen LogP contribution >= 0.6 is 23.4 Å². The zero-order valence-electron chi connectivity index (χ0n) is 20.2. The van der Waals surface area contributed by atoms with Gasteiger partial charge in [0.25, 0.3) is 0 Å². The highest BCUT2D eigenvalue weighted by atomic mass is 35.5. The fourth-order valence-electron chi connectivity index (χ4n) is 4.04. The summed E-state index contributed by atoms with van der Waals surface area (Å²) in [5.41, 5.74) is 3.00. The van der Waals surface area contributed by atoms with Crippen LogP contribution in [0.3, 0.4) is 0 Å². The van der Waals surface area contributed by atoms with E-state index < -0.39 is 5.41 Å². The van der Waals surface area contributed by atoms with E-state index in [4.69, 9.17) is 21.3 Å². The Bertz CT molecular complexity index is 1150. The molecular weight excluding hydrogens is 482 g/mol. The highest BCUT2D eigenvalue weighted by Crippen LogP contribution is 2.43. The van der Waals surface area contributed by atoms with Gasteiger partial charge in [-0.3, -0.25) is 4.79 Å². The number of rotatable bonds is 7. The van der Waals surface area contributed by atoms with Gasteiger partial charge in [0.15, 0.2) is 5.17 Å². The standard InChI is InChI=1S/C27H30ClN3O3S/c1-4-34-24(32)21-22(18-9-6-5-7-10-18)30-26-31(15-8-16-35-26)23(21)19-11-13-20(14-12-19)29-25(33)27(2,3)17-28/h5-7,9-14,23H,4,8,15-17H2,1-3H3,(H,29,33). The SMILES string of the molecule is CCOC(=O)C1=C(c2ccccc2)N=C2SCCCN2C1c1ccc(NC(=O)C(C)(C)CCl)cc1. The first kappa shape index (κ1) is 25.3. The van der Waals surface area contributed by atoms with Gasteiger partial charge in [-0.15, -0.1) is 11.6 Å². The summed E-state index contributed by atoms with van der Waals surface area (Å²) in [6.45, 7) is 6.50. The molecule has 1 unspecified atom stereocenters. The van der Waals surface area contributed by atoms with E-state index >= 15 is 0 Å². The highest BCUT2D eigenvalue weighted by Gasteiger charge is 2.39. The monoisotopic (exact) mass is 511 g/mol. The lowest BCUT2D eigenvalue weighted by molar-refractivity contribution is -0.139. The van der Waals surface area contributed by atoms with Crippen LogP contribution in [-0.2, 0) is 14.3 Å². The Morgan fingerprint density at radius 2 is 1.89 bits per heavy atom. The Balaban J connectivity index is 1.77. The lowest BCUT2D eigenvalue weighted by Crippen LogP contribution is -2.42. The minimum Gasteiger partial charge on any atom is -0.463 e. The van der Waals surface area contributed by atoms with Gasteiger partial charge in [0.2, 0.25) is 5.91 Å². The van der Waals surface area contributed by atoms with Crippen LogP contribution in [0.1, 0.15) is 44.4 Å². The summed E-state index contributed by atoms with van der Waals surface area (Å²) in [7, 11) is 0. The van der Waals surface area contributed by atoms with Crippen molar-refractivity contribution in [2.24, 2.45) is 10.4 Å². The summed E-state index contributed by atoms with van der Waals surface area (Å²) in [6, 6.07) is 17.1. The van der Waals surface area contributed by atoms with Gasteiger partial charge >= 0.3 is 5.97 Å². The van der Waals surface area contributed by atoms with Gasteiger partial charge < -0.3 is 15.0 Å². The maximum Gasteiger partial charge on any atom is 0.338 e. The normalized spacial score (nSPS) is 18.0. The number of fused-ring (bicyclic) bond motifs is 1. The highest BCUT2D eigenvalue weighted by molar-refractivity contribution is 8.13. The molecule has 0 aliphatic carbocycles. The van der Waals surface area contributed by atoms with Crippen LogP contribution in [0.25, 0.3) is 5.70 Å². The van der Waals surface area contributed by atoms with Crippen LogP contribution < -0.4 is 5.32 Å². The first-order valence-electron chi connectivity index (χ1n) is 11.8. The van der Waals surface area contributed by atoms with Gasteiger partial charge in [0.05, 0.1) is 29.3 Å². The Kier molecular flexibility index (Phi) is 7.87. The fourth-order valence-corrected chi connectivity index (χ4v) is 5.14. The van der Waals surface area contributed by atoms with E-state index in [1.807, 2.05) is 75.4 Å². The van der Waals surface area contributed by atoms with Crippen molar-refractivity contribution in [1.82, 2.24) is 4.90 Å². The number of carbonyl (C=O) groups is 2. The zero-order chi connectivity index (χ0) is 25.0. The van der Waals surface area contributed by atoms with Crippen LogP contribution in [-0.4, -0.2) is 46.7 Å². The number of hydrogen-bond donors (Lipinski definition) is 1. The van der Waals surface area contributed by atoms with Crippen molar-refractivity contribution in [2.45, 2.75) is 33.2 Å². The molecule has 35 heavy (non-hydrogen) atoms. The second kappa shape index (κ2) is 10.9. The number of alkyl halides is 1. The maximum atomic E-state index is 13.3. The molecule has 1 amide bonds. The molecular formula is C27H30ClN3O3S. The fraction of sp³-hybridized carbons (Fsp3) is 0.370. The van der Waals surface area contributed by atoms with E-state index in [2.05, 4.69) is 10.2 Å². The Morgan fingerprint density at radius 1 is 1.17 bits per heavy atom. The van der Waals surface area contributed by atoms with Gasteiger partial charge in [0.1, 0.15) is 0 Å². The number of aliphatic imine (C=N–C) groups is 1. The van der Waals surface area contributed by atoms with Gasteiger partial charge in [-0.1, -0.05) is 54.2 Å². The number of amidine groups is 1. The van der Waals surface area contributed by atoms with Crippen molar-refractivity contribution in [3.63, 3.8) is 0 Å². The number of nitrogens with zero attached hydrogens (tertiary/aromatic N) is 2. The van der Waals surface area contributed by atoms with E-state index in [1.165, 1.54) is 0 Å². The molecule has 0 saturated carbocycles.